The van der Waals surface area contributed by atoms with Crippen molar-refractivity contribution in [2.75, 3.05) is 0 Å². The lowest BCUT2D eigenvalue weighted by atomic mass is 10.2. The van der Waals surface area contributed by atoms with Gasteiger partial charge in [-0.1, -0.05) is 12.1 Å². The first kappa shape index (κ1) is 15.5. The van der Waals surface area contributed by atoms with Gasteiger partial charge in [-0.15, -0.1) is 11.3 Å². The number of fused-ring (bicyclic) bond motifs is 2. The summed E-state index contributed by atoms with van der Waals surface area (Å²) in [6, 6.07) is 7.18. The highest BCUT2D eigenvalue weighted by Crippen LogP contribution is 2.11. The lowest BCUT2D eigenvalue weighted by Gasteiger charge is -2.07. The molecule has 4 rings (SSSR count). The third-order valence-corrected chi connectivity index (χ3v) is 4.69. The molecule has 0 radical (unpaired) electrons. The minimum absolute atomic E-state index is 0.128. The number of nitrogens with one attached hydrogen (secondary N) is 1. The van der Waals surface area contributed by atoms with E-state index in [0.29, 0.717) is 24.0 Å². The number of thiazole rings is 1. The zero-order valence-corrected chi connectivity index (χ0v) is 14.1. The summed E-state index contributed by atoms with van der Waals surface area (Å²) in [5.74, 6) is -0.128. The Kier molecular flexibility index (Phi) is 4.02. The van der Waals surface area contributed by atoms with Crippen LogP contribution in [-0.4, -0.2) is 24.8 Å². The van der Waals surface area contributed by atoms with E-state index in [0.717, 1.165) is 10.7 Å². The number of hydrogen-bond donors (Lipinski definition) is 1. The Hall–Kier alpha value is -3.00. The minimum atomic E-state index is -0.132. The number of hydrogen-bond acceptors (Lipinski definition) is 5. The molecule has 0 saturated carbocycles. The van der Waals surface area contributed by atoms with Crippen LogP contribution in [0.15, 0.2) is 53.2 Å². The first-order chi connectivity index (χ1) is 12.2. The molecule has 0 aliphatic carbocycles. The zero-order chi connectivity index (χ0) is 17.2. The Balaban J connectivity index is 1.37. The van der Waals surface area contributed by atoms with E-state index in [1.54, 1.807) is 29.5 Å². The molecule has 1 amide bonds. The molecule has 1 aromatic carbocycles. The predicted molar refractivity (Wildman–Crippen MR) is 95.5 cm³/mol. The average Bonchev–Trinajstić information content (AvgIpc) is 3.21. The lowest BCUT2D eigenvalue weighted by molar-refractivity contribution is -0.121. The van der Waals surface area contributed by atoms with Crippen molar-refractivity contribution in [2.24, 2.45) is 0 Å². The largest absolute Gasteiger partial charge is 0.350 e. The summed E-state index contributed by atoms with van der Waals surface area (Å²) in [6.07, 6.45) is 5.52. The van der Waals surface area contributed by atoms with Crippen LogP contribution >= 0.6 is 11.3 Å². The van der Waals surface area contributed by atoms with Gasteiger partial charge in [-0.05, 0) is 12.1 Å². The second-order valence-corrected chi connectivity index (χ2v) is 6.49. The van der Waals surface area contributed by atoms with Crippen molar-refractivity contribution < 1.29 is 4.79 Å². The average molecular weight is 353 g/mol. The molecule has 0 spiro atoms. The molecule has 1 N–H and O–H groups in total. The Morgan fingerprint density at radius 2 is 2.16 bits per heavy atom. The van der Waals surface area contributed by atoms with Gasteiger partial charge in [0.1, 0.15) is 0 Å². The van der Waals surface area contributed by atoms with Crippen LogP contribution < -0.4 is 10.9 Å². The number of para-hydroxylation sites is 1. The van der Waals surface area contributed by atoms with Crippen LogP contribution in [-0.2, 0) is 17.9 Å². The monoisotopic (exact) mass is 353 g/mol. The van der Waals surface area contributed by atoms with Crippen LogP contribution in [0.1, 0.15) is 12.1 Å². The maximum atomic E-state index is 12.4. The summed E-state index contributed by atoms with van der Waals surface area (Å²) in [7, 11) is 0. The topological polar surface area (TPSA) is 81.3 Å². The molecule has 7 nitrogen and oxygen atoms in total. The van der Waals surface area contributed by atoms with Gasteiger partial charge in [0.2, 0.25) is 5.91 Å². The van der Waals surface area contributed by atoms with Crippen LogP contribution in [0.5, 0.6) is 0 Å². The number of aryl methyl sites for hydroxylation is 1. The van der Waals surface area contributed by atoms with E-state index in [2.05, 4.69) is 15.3 Å². The number of amides is 1. The molecule has 0 saturated heterocycles. The molecule has 0 bridgehead atoms. The van der Waals surface area contributed by atoms with E-state index in [1.165, 1.54) is 10.9 Å². The van der Waals surface area contributed by atoms with Crippen LogP contribution in [0.4, 0.5) is 0 Å². The van der Waals surface area contributed by atoms with Crippen molar-refractivity contribution in [3.8, 4) is 0 Å². The number of rotatable bonds is 5. The molecule has 0 aliphatic heterocycles. The van der Waals surface area contributed by atoms with E-state index in [4.69, 9.17) is 0 Å². The molecular weight excluding hydrogens is 338 g/mol. The molecule has 8 heteroatoms. The fourth-order valence-electron chi connectivity index (χ4n) is 2.63. The highest BCUT2D eigenvalue weighted by molar-refractivity contribution is 7.15. The summed E-state index contributed by atoms with van der Waals surface area (Å²) in [6.45, 7) is 0.666. The molecule has 0 fully saturated rings. The lowest BCUT2D eigenvalue weighted by Crippen LogP contribution is -2.27. The number of benzene rings is 1. The Bertz CT molecular complexity index is 1080. The van der Waals surface area contributed by atoms with Gasteiger partial charge in [0.05, 0.1) is 29.5 Å². The molecule has 0 atom stereocenters. The zero-order valence-electron chi connectivity index (χ0n) is 13.3. The number of carbonyl (C=O) groups excluding carboxylic acids is 1. The van der Waals surface area contributed by atoms with Crippen molar-refractivity contribution in [3.63, 3.8) is 0 Å². The van der Waals surface area contributed by atoms with Gasteiger partial charge in [0.15, 0.2) is 4.96 Å². The van der Waals surface area contributed by atoms with Crippen LogP contribution in [0, 0.1) is 0 Å². The Morgan fingerprint density at radius 1 is 1.28 bits per heavy atom. The Labute approximate surface area is 146 Å². The van der Waals surface area contributed by atoms with Crippen molar-refractivity contribution in [2.45, 2.75) is 19.5 Å². The number of imidazole rings is 1. The van der Waals surface area contributed by atoms with Gasteiger partial charge in [-0.3, -0.25) is 18.6 Å². The van der Waals surface area contributed by atoms with E-state index in [-0.39, 0.29) is 17.9 Å². The van der Waals surface area contributed by atoms with Gasteiger partial charge in [-0.2, -0.15) is 0 Å². The fourth-order valence-corrected chi connectivity index (χ4v) is 3.35. The molecule has 0 aliphatic rings. The first-order valence-corrected chi connectivity index (χ1v) is 8.70. The maximum Gasteiger partial charge on any atom is 0.261 e. The highest BCUT2D eigenvalue weighted by Gasteiger charge is 2.08. The highest BCUT2D eigenvalue weighted by atomic mass is 32.1. The van der Waals surface area contributed by atoms with Crippen LogP contribution in [0.3, 0.4) is 0 Å². The SMILES string of the molecule is O=C(CCn1cnc2ccccc2c1=O)NCc1cn2ccsc2n1. The smallest absolute Gasteiger partial charge is 0.261 e. The third-order valence-electron chi connectivity index (χ3n) is 3.92. The number of nitrogens with zero attached hydrogens (tertiary/aromatic N) is 4. The van der Waals surface area contributed by atoms with Gasteiger partial charge in [-0.25, -0.2) is 9.97 Å². The van der Waals surface area contributed by atoms with Gasteiger partial charge in [0.25, 0.3) is 5.56 Å². The number of aromatic nitrogens is 4. The second-order valence-electron chi connectivity index (χ2n) is 5.61. The molecule has 0 unspecified atom stereocenters. The third kappa shape index (κ3) is 3.16. The fraction of sp³-hybridized carbons (Fsp3) is 0.176. The maximum absolute atomic E-state index is 12.4. The van der Waals surface area contributed by atoms with Crippen molar-refractivity contribution in [1.82, 2.24) is 24.3 Å². The molecule has 25 heavy (non-hydrogen) atoms. The van der Waals surface area contributed by atoms with Gasteiger partial charge < -0.3 is 5.32 Å². The predicted octanol–water partition coefficient (Wildman–Crippen LogP) is 1.81. The minimum Gasteiger partial charge on any atom is -0.350 e. The summed E-state index contributed by atoms with van der Waals surface area (Å²) >= 11 is 1.55. The Morgan fingerprint density at radius 3 is 3.04 bits per heavy atom. The molecular formula is C17H15N5O2S. The van der Waals surface area contributed by atoms with Crippen LogP contribution in [0.25, 0.3) is 15.9 Å². The summed E-state index contributed by atoms with van der Waals surface area (Å²) < 4.78 is 3.39. The molecule has 3 heterocycles. The molecule has 3 aromatic heterocycles. The summed E-state index contributed by atoms with van der Waals surface area (Å²) in [5, 5.41) is 5.35. The molecule has 4 aromatic rings. The van der Waals surface area contributed by atoms with Gasteiger partial charge in [0, 0.05) is 30.7 Å². The van der Waals surface area contributed by atoms with Crippen molar-refractivity contribution in [1.29, 1.82) is 0 Å². The normalized spacial score (nSPS) is 11.2. The molecule has 126 valence electrons. The quantitative estimate of drug-likeness (QED) is 0.593. The summed E-state index contributed by atoms with van der Waals surface area (Å²) in [4.78, 5) is 34.0. The van der Waals surface area contributed by atoms with E-state index < -0.39 is 0 Å². The van der Waals surface area contributed by atoms with E-state index >= 15 is 0 Å². The van der Waals surface area contributed by atoms with Crippen molar-refractivity contribution in [3.05, 3.63) is 64.4 Å². The first-order valence-electron chi connectivity index (χ1n) is 7.83. The number of carbonyl (C=O) groups is 1. The second kappa shape index (κ2) is 6.48. The van der Waals surface area contributed by atoms with E-state index in [9.17, 15) is 9.59 Å². The van der Waals surface area contributed by atoms with Crippen molar-refractivity contribution >= 4 is 33.1 Å². The standard InChI is InChI=1S/C17H15N5O2S/c23-15(18-9-12-10-21-7-8-25-17(21)20-12)5-6-22-11-19-14-4-2-1-3-13(14)16(22)24/h1-4,7-8,10-11H,5-6,9H2,(H,18,23). The summed E-state index contributed by atoms with van der Waals surface area (Å²) in [5.41, 5.74) is 1.34. The van der Waals surface area contributed by atoms with Gasteiger partial charge >= 0.3 is 0 Å². The van der Waals surface area contributed by atoms with E-state index in [1.807, 2.05) is 28.2 Å². The van der Waals surface area contributed by atoms with Crippen LogP contribution in [0.2, 0.25) is 0 Å².